The second-order valence-corrected chi connectivity index (χ2v) is 8.10. The van der Waals surface area contributed by atoms with Crippen molar-refractivity contribution in [3.63, 3.8) is 0 Å². The summed E-state index contributed by atoms with van der Waals surface area (Å²) >= 11 is 11.9. The van der Waals surface area contributed by atoms with Gasteiger partial charge in [0, 0.05) is 16.6 Å². The van der Waals surface area contributed by atoms with Crippen LogP contribution < -0.4 is 5.32 Å². The first kappa shape index (κ1) is 20.6. The van der Waals surface area contributed by atoms with Crippen molar-refractivity contribution in [1.82, 2.24) is 19.7 Å². The van der Waals surface area contributed by atoms with E-state index in [9.17, 15) is 9.18 Å². The molecule has 4 rings (SSSR count). The third kappa shape index (κ3) is 4.27. The Morgan fingerprint density at radius 2 is 1.90 bits per heavy atom. The van der Waals surface area contributed by atoms with E-state index in [2.05, 4.69) is 15.5 Å². The third-order valence-electron chi connectivity index (χ3n) is 5.20. The SMILES string of the molecule is Cc1nnc([C@H]2CCCN2C(=O)Nc2cc(Cl)ccc2F)n1Cc1ccc(Cl)cc1. The molecule has 1 atom stereocenters. The maximum atomic E-state index is 14.0. The highest BCUT2D eigenvalue weighted by Gasteiger charge is 2.34. The van der Waals surface area contributed by atoms with Crippen LogP contribution in [0.4, 0.5) is 14.9 Å². The fourth-order valence-corrected chi connectivity index (χ4v) is 3.97. The van der Waals surface area contributed by atoms with E-state index in [1.54, 1.807) is 4.90 Å². The summed E-state index contributed by atoms with van der Waals surface area (Å²) in [6.07, 6.45) is 1.58. The van der Waals surface area contributed by atoms with Crippen molar-refractivity contribution in [2.45, 2.75) is 32.4 Å². The van der Waals surface area contributed by atoms with E-state index in [0.29, 0.717) is 29.0 Å². The second kappa shape index (κ2) is 8.62. The van der Waals surface area contributed by atoms with Gasteiger partial charge in [0.1, 0.15) is 11.6 Å². The molecular formula is C21H20Cl2FN5O. The van der Waals surface area contributed by atoms with Gasteiger partial charge in [-0.25, -0.2) is 9.18 Å². The molecule has 1 aliphatic heterocycles. The number of hydrogen-bond donors (Lipinski definition) is 1. The zero-order chi connectivity index (χ0) is 21.3. The molecule has 1 fully saturated rings. The highest BCUT2D eigenvalue weighted by atomic mass is 35.5. The van der Waals surface area contributed by atoms with Crippen LogP contribution in [0.5, 0.6) is 0 Å². The molecule has 0 bridgehead atoms. The van der Waals surface area contributed by atoms with Gasteiger partial charge in [-0.1, -0.05) is 35.3 Å². The molecule has 6 nitrogen and oxygen atoms in total. The third-order valence-corrected chi connectivity index (χ3v) is 5.69. The van der Waals surface area contributed by atoms with Crippen molar-refractivity contribution in [1.29, 1.82) is 0 Å². The predicted molar refractivity (Wildman–Crippen MR) is 114 cm³/mol. The first-order chi connectivity index (χ1) is 14.4. The Morgan fingerprint density at radius 3 is 2.67 bits per heavy atom. The fourth-order valence-electron chi connectivity index (χ4n) is 3.67. The molecule has 0 unspecified atom stereocenters. The number of hydrogen-bond acceptors (Lipinski definition) is 3. The van der Waals surface area contributed by atoms with Crippen LogP contribution in [0.2, 0.25) is 10.0 Å². The molecule has 2 amide bonds. The Labute approximate surface area is 183 Å². The number of anilines is 1. The molecule has 30 heavy (non-hydrogen) atoms. The fraction of sp³-hybridized carbons (Fsp3) is 0.286. The topological polar surface area (TPSA) is 63.1 Å². The number of amides is 2. The summed E-state index contributed by atoms with van der Waals surface area (Å²) in [5.41, 5.74) is 1.11. The highest BCUT2D eigenvalue weighted by Crippen LogP contribution is 2.32. The Bertz CT molecular complexity index is 1070. The number of halogens is 3. The van der Waals surface area contributed by atoms with Crippen molar-refractivity contribution in [2.24, 2.45) is 0 Å². The van der Waals surface area contributed by atoms with Crippen LogP contribution >= 0.6 is 23.2 Å². The summed E-state index contributed by atoms with van der Waals surface area (Å²) < 4.78 is 16.0. The lowest BCUT2D eigenvalue weighted by Crippen LogP contribution is -2.36. The summed E-state index contributed by atoms with van der Waals surface area (Å²) in [6.45, 7) is 3.00. The Kier molecular flexibility index (Phi) is 5.92. The van der Waals surface area contributed by atoms with Crippen molar-refractivity contribution in [3.05, 3.63) is 75.5 Å². The van der Waals surface area contributed by atoms with E-state index < -0.39 is 11.8 Å². The number of nitrogens with zero attached hydrogens (tertiary/aromatic N) is 4. The zero-order valence-corrected chi connectivity index (χ0v) is 17.8. The first-order valence-electron chi connectivity index (χ1n) is 9.59. The van der Waals surface area contributed by atoms with Crippen LogP contribution in [0.25, 0.3) is 0 Å². The lowest BCUT2D eigenvalue weighted by Gasteiger charge is -2.25. The number of urea groups is 1. The van der Waals surface area contributed by atoms with Gasteiger partial charge >= 0.3 is 6.03 Å². The van der Waals surface area contributed by atoms with Crippen molar-refractivity contribution < 1.29 is 9.18 Å². The second-order valence-electron chi connectivity index (χ2n) is 7.22. The smallest absolute Gasteiger partial charge is 0.314 e. The van der Waals surface area contributed by atoms with Gasteiger partial charge in [-0.3, -0.25) is 0 Å². The standard InChI is InChI=1S/C21H20Cl2FN5O/c1-13-26-27-20(29(13)12-14-4-6-15(22)7-5-14)19-3-2-10-28(19)21(30)25-18-11-16(23)8-9-17(18)24/h4-9,11,19H,2-3,10,12H2,1H3,(H,25,30)/t19-/m1/s1. The van der Waals surface area contributed by atoms with Gasteiger partial charge in [0.2, 0.25) is 0 Å². The average Bonchev–Trinajstić information content (AvgIpc) is 3.34. The molecule has 2 aromatic carbocycles. The molecule has 3 aromatic rings. The minimum Gasteiger partial charge on any atom is -0.314 e. The van der Waals surface area contributed by atoms with Crippen LogP contribution in [-0.4, -0.2) is 32.2 Å². The number of aryl methyl sites for hydroxylation is 1. The van der Waals surface area contributed by atoms with Gasteiger partial charge in [0.05, 0.1) is 18.3 Å². The van der Waals surface area contributed by atoms with Crippen LogP contribution in [0.1, 0.15) is 36.1 Å². The maximum Gasteiger partial charge on any atom is 0.322 e. The van der Waals surface area contributed by atoms with Gasteiger partial charge in [0.25, 0.3) is 0 Å². The summed E-state index contributed by atoms with van der Waals surface area (Å²) in [5.74, 6) is 0.931. The Balaban J connectivity index is 1.57. The van der Waals surface area contributed by atoms with E-state index in [4.69, 9.17) is 23.2 Å². The zero-order valence-electron chi connectivity index (χ0n) is 16.3. The summed E-state index contributed by atoms with van der Waals surface area (Å²) in [7, 11) is 0. The lowest BCUT2D eigenvalue weighted by molar-refractivity contribution is 0.203. The summed E-state index contributed by atoms with van der Waals surface area (Å²) in [5, 5.41) is 12.2. The Morgan fingerprint density at radius 1 is 1.17 bits per heavy atom. The molecule has 1 aliphatic rings. The maximum absolute atomic E-state index is 14.0. The van der Waals surface area contributed by atoms with E-state index in [1.165, 1.54) is 18.2 Å². The van der Waals surface area contributed by atoms with Crippen LogP contribution in [-0.2, 0) is 6.54 Å². The average molecular weight is 448 g/mol. The minimum atomic E-state index is -0.537. The number of nitrogens with one attached hydrogen (secondary N) is 1. The monoisotopic (exact) mass is 447 g/mol. The van der Waals surface area contributed by atoms with Gasteiger partial charge in [-0.15, -0.1) is 10.2 Å². The van der Waals surface area contributed by atoms with Gasteiger partial charge in [-0.05, 0) is 55.7 Å². The van der Waals surface area contributed by atoms with E-state index >= 15 is 0 Å². The number of carbonyl (C=O) groups excluding carboxylic acids is 1. The van der Waals surface area contributed by atoms with Gasteiger partial charge in [-0.2, -0.15) is 0 Å². The molecule has 2 heterocycles. The van der Waals surface area contributed by atoms with E-state index in [1.807, 2.05) is 35.8 Å². The van der Waals surface area contributed by atoms with Crippen molar-refractivity contribution >= 4 is 34.9 Å². The normalized spacial score (nSPS) is 16.1. The van der Waals surface area contributed by atoms with E-state index in [0.717, 1.165) is 24.2 Å². The van der Waals surface area contributed by atoms with Crippen LogP contribution in [0.15, 0.2) is 42.5 Å². The molecule has 1 N–H and O–H groups in total. The number of likely N-dealkylation sites (tertiary alicyclic amines) is 1. The van der Waals surface area contributed by atoms with Crippen molar-refractivity contribution in [3.8, 4) is 0 Å². The molecule has 156 valence electrons. The molecule has 0 radical (unpaired) electrons. The van der Waals surface area contributed by atoms with Crippen LogP contribution in [0.3, 0.4) is 0 Å². The highest BCUT2D eigenvalue weighted by molar-refractivity contribution is 6.31. The molecule has 1 aromatic heterocycles. The molecule has 9 heteroatoms. The molecule has 1 saturated heterocycles. The van der Waals surface area contributed by atoms with Crippen molar-refractivity contribution in [2.75, 3.05) is 11.9 Å². The molecule has 0 spiro atoms. The van der Waals surface area contributed by atoms with Gasteiger partial charge < -0.3 is 14.8 Å². The van der Waals surface area contributed by atoms with Gasteiger partial charge in [0.15, 0.2) is 5.82 Å². The molecule has 0 aliphatic carbocycles. The number of benzene rings is 2. The number of rotatable bonds is 4. The predicted octanol–water partition coefficient (Wildman–Crippen LogP) is 5.45. The van der Waals surface area contributed by atoms with E-state index in [-0.39, 0.29) is 11.7 Å². The Hall–Kier alpha value is -2.64. The summed E-state index contributed by atoms with van der Waals surface area (Å²) in [4.78, 5) is 14.6. The number of carbonyl (C=O) groups is 1. The lowest BCUT2D eigenvalue weighted by atomic mass is 10.2. The molecular weight excluding hydrogens is 428 g/mol. The minimum absolute atomic E-state index is 0.0527. The summed E-state index contributed by atoms with van der Waals surface area (Å²) in [6, 6.07) is 11.0. The quantitative estimate of drug-likeness (QED) is 0.578. The largest absolute Gasteiger partial charge is 0.322 e. The first-order valence-corrected chi connectivity index (χ1v) is 10.3. The number of aromatic nitrogens is 3. The van der Waals surface area contributed by atoms with Crippen LogP contribution in [0, 0.1) is 12.7 Å². The molecule has 0 saturated carbocycles.